The van der Waals surface area contributed by atoms with E-state index in [1.54, 1.807) is 30.0 Å². The summed E-state index contributed by atoms with van der Waals surface area (Å²) in [6.45, 7) is 2.25. The molecule has 1 atom stereocenters. The van der Waals surface area contributed by atoms with Gasteiger partial charge in [-0.25, -0.2) is 9.07 Å². The third kappa shape index (κ3) is 6.42. The molecule has 3 rings (SSSR count). The summed E-state index contributed by atoms with van der Waals surface area (Å²) in [6.07, 6.45) is 0.304. The molecule has 3 aromatic rings. The minimum absolute atomic E-state index is 0.121. The quantitative estimate of drug-likeness (QED) is 0.526. The van der Waals surface area contributed by atoms with Crippen LogP contribution in [0.2, 0.25) is 0 Å². The highest BCUT2D eigenvalue weighted by Crippen LogP contribution is 2.17. The maximum absolute atomic E-state index is 13.3. The molecular weight excluding hydrogens is 413 g/mol. The Bertz CT molecular complexity index is 1070. The second kappa shape index (κ2) is 10.6. The molecule has 0 saturated carbocycles. The summed E-state index contributed by atoms with van der Waals surface area (Å²) in [5, 5.41) is 17.2. The number of anilines is 1. The summed E-state index contributed by atoms with van der Waals surface area (Å²) in [4.78, 5) is 26.8. The zero-order valence-electron chi connectivity index (χ0n) is 18.2. The van der Waals surface area contributed by atoms with E-state index >= 15 is 0 Å². The van der Waals surface area contributed by atoms with Crippen molar-refractivity contribution in [2.75, 3.05) is 26.0 Å². The molecule has 0 bridgehead atoms. The number of benzene rings is 2. The molecule has 32 heavy (non-hydrogen) atoms. The Balaban J connectivity index is 1.69. The van der Waals surface area contributed by atoms with Gasteiger partial charge in [-0.05, 0) is 66.8 Å². The first-order chi connectivity index (χ1) is 15.3. The predicted octanol–water partition coefficient (Wildman–Crippen LogP) is 1.72. The normalized spacial score (nSPS) is 11.9. The molecule has 2 N–H and O–H groups in total. The lowest BCUT2D eigenvalue weighted by atomic mass is 10.0. The smallest absolute Gasteiger partial charge is 0.245 e. The monoisotopic (exact) mass is 439 g/mol. The Labute approximate surface area is 185 Å². The average Bonchev–Trinajstić information content (AvgIpc) is 3.16. The van der Waals surface area contributed by atoms with Gasteiger partial charge >= 0.3 is 0 Å². The number of aryl methyl sites for hydroxylation is 1. The van der Waals surface area contributed by atoms with Crippen LogP contribution in [0.15, 0.2) is 48.5 Å². The Morgan fingerprint density at radius 2 is 1.88 bits per heavy atom. The van der Waals surface area contributed by atoms with Gasteiger partial charge in [-0.1, -0.05) is 24.3 Å². The number of rotatable bonds is 9. The number of carbonyl (C=O) groups is 2. The van der Waals surface area contributed by atoms with Gasteiger partial charge in [0.1, 0.15) is 17.7 Å². The molecule has 9 nitrogen and oxygen atoms in total. The number of nitrogens with zero attached hydrogens (tertiary/aromatic N) is 5. The standard InChI is InChI=1S/C22H26FN7O2/c1-15-26-27-28-30(15)20(12-16-7-9-18(23)10-8-16)22(32)24-13-17-5-4-6-19(11-17)25-21(31)14-29(2)3/h4-11,20H,12-14H2,1-3H3,(H,24,32)(H,25,31). The molecule has 2 aromatic carbocycles. The summed E-state index contributed by atoms with van der Waals surface area (Å²) < 4.78 is 14.7. The highest BCUT2D eigenvalue weighted by Gasteiger charge is 2.24. The van der Waals surface area contributed by atoms with Crippen molar-refractivity contribution in [3.8, 4) is 0 Å². The number of likely N-dealkylation sites (N-methyl/N-ethyl adjacent to an activating group) is 1. The van der Waals surface area contributed by atoms with Gasteiger partial charge in [-0.3, -0.25) is 9.59 Å². The fraction of sp³-hybridized carbons (Fsp3) is 0.318. The van der Waals surface area contributed by atoms with Crippen molar-refractivity contribution in [2.24, 2.45) is 0 Å². The molecule has 168 valence electrons. The van der Waals surface area contributed by atoms with E-state index in [0.29, 0.717) is 17.9 Å². The number of nitrogens with one attached hydrogen (secondary N) is 2. The maximum atomic E-state index is 13.3. The van der Waals surface area contributed by atoms with E-state index in [4.69, 9.17) is 0 Å². The van der Waals surface area contributed by atoms with E-state index < -0.39 is 6.04 Å². The molecule has 10 heteroatoms. The molecule has 0 aliphatic carbocycles. The summed E-state index contributed by atoms with van der Waals surface area (Å²) in [5.74, 6) is -0.236. The van der Waals surface area contributed by atoms with Crippen LogP contribution in [0.3, 0.4) is 0 Å². The van der Waals surface area contributed by atoms with Crippen molar-refractivity contribution in [1.82, 2.24) is 30.4 Å². The molecule has 0 spiro atoms. The number of hydrogen-bond donors (Lipinski definition) is 2. The van der Waals surface area contributed by atoms with E-state index in [0.717, 1.165) is 11.1 Å². The minimum Gasteiger partial charge on any atom is -0.350 e. The molecule has 0 aliphatic rings. The molecular formula is C22H26FN7O2. The molecule has 0 fully saturated rings. The highest BCUT2D eigenvalue weighted by molar-refractivity contribution is 5.92. The molecule has 2 amide bonds. The lowest BCUT2D eigenvalue weighted by Crippen LogP contribution is -2.34. The topological polar surface area (TPSA) is 105 Å². The first-order valence-electron chi connectivity index (χ1n) is 10.1. The number of halogens is 1. The van der Waals surface area contributed by atoms with Gasteiger partial charge < -0.3 is 15.5 Å². The van der Waals surface area contributed by atoms with Crippen molar-refractivity contribution >= 4 is 17.5 Å². The number of tetrazole rings is 1. The first-order valence-corrected chi connectivity index (χ1v) is 10.1. The fourth-order valence-corrected chi connectivity index (χ4v) is 3.21. The molecule has 1 unspecified atom stereocenters. The molecule has 1 aromatic heterocycles. The number of amides is 2. The SMILES string of the molecule is Cc1nnnn1C(Cc1ccc(F)cc1)C(=O)NCc1cccc(NC(=O)CN(C)C)c1. The summed E-state index contributed by atoms with van der Waals surface area (Å²) >= 11 is 0. The summed E-state index contributed by atoms with van der Waals surface area (Å²) in [5.41, 5.74) is 2.27. The summed E-state index contributed by atoms with van der Waals surface area (Å²) in [7, 11) is 3.64. The molecule has 0 aliphatic heterocycles. The Morgan fingerprint density at radius 1 is 1.12 bits per heavy atom. The van der Waals surface area contributed by atoms with Crippen molar-refractivity contribution in [2.45, 2.75) is 25.9 Å². The number of carbonyl (C=O) groups excluding carboxylic acids is 2. The van der Waals surface area contributed by atoms with Gasteiger partial charge in [-0.15, -0.1) is 5.10 Å². The number of aromatic nitrogens is 4. The first kappa shape index (κ1) is 23.0. The maximum Gasteiger partial charge on any atom is 0.245 e. The third-order valence-electron chi connectivity index (χ3n) is 4.73. The van der Waals surface area contributed by atoms with E-state index in [1.807, 2.05) is 32.3 Å². The van der Waals surface area contributed by atoms with E-state index in [-0.39, 0.29) is 30.7 Å². The van der Waals surface area contributed by atoms with Crippen LogP contribution < -0.4 is 10.6 Å². The Kier molecular flexibility index (Phi) is 7.61. The third-order valence-corrected chi connectivity index (χ3v) is 4.73. The van der Waals surface area contributed by atoms with Crippen molar-refractivity contribution < 1.29 is 14.0 Å². The van der Waals surface area contributed by atoms with Crippen LogP contribution in [-0.4, -0.2) is 57.6 Å². The largest absolute Gasteiger partial charge is 0.350 e. The van der Waals surface area contributed by atoms with Gasteiger partial charge in [0.25, 0.3) is 0 Å². The van der Waals surface area contributed by atoms with Crippen LogP contribution in [0, 0.1) is 12.7 Å². The van der Waals surface area contributed by atoms with Gasteiger partial charge in [0.05, 0.1) is 6.54 Å². The fourth-order valence-electron chi connectivity index (χ4n) is 3.21. The minimum atomic E-state index is -0.696. The van der Waals surface area contributed by atoms with Crippen LogP contribution >= 0.6 is 0 Å². The second-order valence-electron chi connectivity index (χ2n) is 7.72. The molecule has 1 heterocycles. The zero-order valence-corrected chi connectivity index (χ0v) is 18.2. The van der Waals surface area contributed by atoms with Crippen LogP contribution in [0.4, 0.5) is 10.1 Å². The van der Waals surface area contributed by atoms with Gasteiger partial charge in [0, 0.05) is 18.7 Å². The van der Waals surface area contributed by atoms with Crippen molar-refractivity contribution in [3.63, 3.8) is 0 Å². The number of hydrogen-bond acceptors (Lipinski definition) is 6. The molecule has 0 radical (unpaired) electrons. The highest BCUT2D eigenvalue weighted by atomic mass is 19.1. The predicted molar refractivity (Wildman–Crippen MR) is 117 cm³/mol. The Morgan fingerprint density at radius 3 is 2.53 bits per heavy atom. The van der Waals surface area contributed by atoms with Crippen LogP contribution in [0.5, 0.6) is 0 Å². The zero-order chi connectivity index (χ0) is 23.1. The Hall–Kier alpha value is -3.66. The van der Waals surface area contributed by atoms with Crippen molar-refractivity contribution in [3.05, 3.63) is 71.3 Å². The van der Waals surface area contributed by atoms with Gasteiger partial charge in [0.2, 0.25) is 11.8 Å². The van der Waals surface area contributed by atoms with Crippen LogP contribution in [-0.2, 0) is 22.6 Å². The summed E-state index contributed by atoms with van der Waals surface area (Å²) in [6, 6.07) is 12.6. The van der Waals surface area contributed by atoms with Gasteiger partial charge in [-0.2, -0.15) is 0 Å². The lowest BCUT2D eigenvalue weighted by molar-refractivity contribution is -0.125. The lowest BCUT2D eigenvalue weighted by Gasteiger charge is -2.18. The van der Waals surface area contributed by atoms with Crippen molar-refractivity contribution in [1.29, 1.82) is 0 Å². The van der Waals surface area contributed by atoms with E-state index in [1.165, 1.54) is 16.8 Å². The van der Waals surface area contributed by atoms with E-state index in [9.17, 15) is 14.0 Å². The molecule has 0 saturated heterocycles. The van der Waals surface area contributed by atoms with E-state index in [2.05, 4.69) is 26.2 Å². The van der Waals surface area contributed by atoms with Gasteiger partial charge in [0.15, 0.2) is 0 Å². The average molecular weight is 439 g/mol. The second-order valence-corrected chi connectivity index (χ2v) is 7.72. The van der Waals surface area contributed by atoms with Crippen LogP contribution in [0.1, 0.15) is 23.0 Å². The van der Waals surface area contributed by atoms with Crippen LogP contribution in [0.25, 0.3) is 0 Å².